The van der Waals surface area contributed by atoms with E-state index < -0.39 is 0 Å². The van der Waals surface area contributed by atoms with Crippen LogP contribution in [0.25, 0.3) is 0 Å². The van der Waals surface area contributed by atoms with Crippen LogP contribution < -0.4 is 0 Å². The predicted molar refractivity (Wildman–Crippen MR) is 51.7 cm³/mol. The molecule has 0 saturated heterocycles. The number of ketones is 2. The van der Waals surface area contributed by atoms with Crippen molar-refractivity contribution in [3.05, 3.63) is 11.6 Å². The fourth-order valence-electron chi connectivity index (χ4n) is 3.75. The number of fused-ring (bicyclic) bond motifs is 1. The summed E-state index contributed by atoms with van der Waals surface area (Å²) in [6.45, 7) is 2.04. The summed E-state index contributed by atoms with van der Waals surface area (Å²) in [4.78, 5) is 23.8. The van der Waals surface area contributed by atoms with Crippen molar-refractivity contribution in [1.29, 1.82) is 0 Å². The maximum atomic E-state index is 12.1. The molecule has 3 aliphatic rings. The van der Waals surface area contributed by atoms with Crippen molar-refractivity contribution in [3.63, 3.8) is 0 Å². The highest BCUT2D eigenvalue weighted by molar-refractivity contribution is 6.13. The molecule has 14 heavy (non-hydrogen) atoms. The first-order valence-corrected chi connectivity index (χ1v) is 5.42. The van der Waals surface area contributed by atoms with Gasteiger partial charge in [0.2, 0.25) is 0 Å². The third-order valence-corrected chi connectivity index (χ3v) is 4.46. The van der Waals surface area contributed by atoms with Crippen LogP contribution in [0.1, 0.15) is 32.6 Å². The van der Waals surface area contributed by atoms with E-state index in [0.29, 0.717) is 12.3 Å². The first kappa shape index (κ1) is 8.39. The van der Waals surface area contributed by atoms with Crippen LogP contribution in [-0.2, 0) is 9.59 Å². The standard InChI is InChI=1S/C12H14O2/c1-7-5-9-10(13)6-8-3-2-4-12(7,8)11(9)14/h5,8-9H,2-4,6H2,1H3/t8-,9-,12+/m1/s1. The van der Waals surface area contributed by atoms with Gasteiger partial charge in [0.05, 0.1) is 11.3 Å². The number of carbonyl (C=O) groups excluding carboxylic acids is 2. The Hall–Kier alpha value is -0.920. The topological polar surface area (TPSA) is 34.1 Å². The second kappa shape index (κ2) is 2.36. The Morgan fingerprint density at radius 2 is 2.21 bits per heavy atom. The van der Waals surface area contributed by atoms with Crippen molar-refractivity contribution in [2.24, 2.45) is 17.3 Å². The first-order valence-electron chi connectivity index (χ1n) is 5.42. The number of hydrogen-bond acceptors (Lipinski definition) is 2. The molecule has 0 unspecified atom stereocenters. The van der Waals surface area contributed by atoms with Gasteiger partial charge in [-0.2, -0.15) is 0 Å². The molecule has 0 aromatic carbocycles. The Bertz CT molecular complexity index is 367. The molecule has 0 N–H and O–H groups in total. The van der Waals surface area contributed by atoms with Crippen molar-refractivity contribution in [3.8, 4) is 0 Å². The molecule has 1 spiro atoms. The van der Waals surface area contributed by atoms with E-state index in [0.717, 1.165) is 19.3 Å². The van der Waals surface area contributed by atoms with Gasteiger partial charge in [-0.15, -0.1) is 0 Å². The van der Waals surface area contributed by atoms with Gasteiger partial charge in [-0.3, -0.25) is 9.59 Å². The highest BCUT2D eigenvalue weighted by Crippen LogP contribution is 2.58. The molecule has 0 heterocycles. The van der Waals surface area contributed by atoms with Crippen LogP contribution in [0.5, 0.6) is 0 Å². The molecule has 0 aliphatic heterocycles. The molecule has 2 fully saturated rings. The van der Waals surface area contributed by atoms with Gasteiger partial charge in [0.1, 0.15) is 5.78 Å². The van der Waals surface area contributed by atoms with E-state index in [1.807, 2.05) is 13.0 Å². The molecule has 3 rings (SSSR count). The van der Waals surface area contributed by atoms with Gasteiger partial charge in [-0.25, -0.2) is 0 Å². The zero-order chi connectivity index (χ0) is 9.92. The maximum absolute atomic E-state index is 12.1. The minimum atomic E-state index is -0.371. The quantitative estimate of drug-likeness (QED) is 0.432. The summed E-state index contributed by atoms with van der Waals surface area (Å²) in [5.74, 6) is 0.338. The number of allylic oxidation sites excluding steroid dienone is 2. The summed E-state index contributed by atoms with van der Waals surface area (Å²) in [7, 11) is 0. The summed E-state index contributed by atoms with van der Waals surface area (Å²) < 4.78 is 0. The number of rotatable bonds is 0. The Morgan fingerprint density at radius 3 is 3.00 bits per heavy atom. The molecule has 0 aromatic rings. The smallest absolute Gasteiger partial charge is 0.157 e. The normalized spacial score (nSPS) is 45.4. The second-order valence-electron chi connectivity index (χ2n) is 4.92. The Labute approximate surface area is 83.4 Å². The molecule has 2 saturated carbocycles. The average molecular weight is 190 g/mol. The molecule has 0 aromatic heterocycles. The van der Waals surface area contributed by atoms with Gasteiger partial charge < -0.3 is 0 Å². The molecule has 0 amide bonds. The molecule has 0 radical (unpaired) electrons. The molecular weight excluding hydrogens is 176 g/mol. The zero-order valence-corrected chi connectivity index (χ0v) is 8.38. The lowest BCUT2D eigenvalue weighted by molar-refractivity contribution is -0.141. The number of carbonyl (C=O) groups is 2. The van der Waals surface area contributed by atoms with Crippen LogP contribution in [0.15, 0.2) is 11.6 Å². The maximum Gasteiger partial charge on any atom is 0.157 e. The van der Waals surface area contributed by atoms with E-state index in [1.54, 1.807) is 0 Å². The van der Waals surface area contributed by atoms with Crippen molar-refractivity contribution >= 4 is 11.6 Å². The van der Waals surface area contributed by atoms with E-state index in [9.17, 15) is 9.59 Å². The van der Waals surface area contributed by atoms with Gasteiger partial charge in [0, 0.05) is 6.42 Å². The average Bonchev–Trinajstić information content (AvgIpc) is 2.63. The van der Waals surface area contributed by atoms with E-state index in [1.165, 1.54) is 5.57 Å². The SMILES string of the molecule is CC1=C[C@@H]2C(=O)C[C@H]3CCC[C@]13C2=O. The second-order valence-corrected chi connectivity index (χ2v) is 4.92. The Morgan fingerprint density at radius 1 is 1.43 bits per heavy atom. The van der Waals surface area contributed by atoms with Crippen LogP contribution in [0.2, 0.25) is 0 Å². The zero-order valence-electron chi connectivity index (χ0n) is 8.38. The van der Waals surface area contributed by atoms with Crippen molar-refractivity contribution in [2.75, 3.05) is 0 Å². The summed E-state index contributed by atoms with van der Waals surface area (Å²) in [6, 6.07) is 0. The number of hydrogen-bond donors (Lipinski definition) is 0. The van der Waals surface area contributed by atoms with Crippen LogP contribution in [-0.4, -0.2) is 11.6 Å². The fraction of sp³-hybridized carbons (Fsp3) is 0.667. The van der Waals surface area contributed by atoms with Crippen LogP contribution in [0.4, 0.5) is 0 Å². The third kappa shape index (κ3) is 0.701. The summed E-state index contributed by atoms with van der Waals surface area (Å²) >= 11 is 0. The van der Waals surface area contributed by atoms with Gasteiger partial charge in [-0.1, -0.05) is 18.1 Å². The summed E-state index contributed by atoms with van der Waals surface area (Å²) in [6.07, 6.45) is 5.74. The molecule has 2 bridgehead atoms. The van der Waals surface area contributed by atoms with E-state index in [-0.39, 0.29) is 22.9 Å². The Balaban J connectivity index is 2.18. The fourth-order valence-corrected chi connectivity index (χ4v) is 3.75. The minimum Gasteiger partial charge on any atom is -0.299 e. The van der Waals surface area contributed by atoms with Crippen molar-refractivity contribution in [2.45, 2.75) is 32.6 Å². The molecule has 3 atom stereocenters. The molecule has 2 nitrogen and oxygen atoms in total. The van der Waals surface area contributed by atoms with Crippen LogP contribution in [0.3, 0.4) is 0 Å². The molecule has 74 valence electrons. The molecular formula is C12H14O2. The highest BCUT2D eigenvalue weighted by Gasteiger charge is 2.59. The molecule has 3 aliphatic carbocycles. The van der Waals surface area contributed by atoms with Crippen LogP contribution in [0, 0.1) is 17.3 Å². The first-order chi connectivity index (χ1) is 6.66. The van der Waals surface area contributed by atoms with Gasteiger partial charge in [-0.05, 0) is 25.7 Å². The predicted octanol–water partition coefficient (Wildman–Crippen LogP) is 1.89. The molecule has 2 heteroatoms. The van der Waals surface area contributed by atoms with E-state index in [4.69, 9.17) is 0 Å². The lowest BCUT2D eigenvalue weighted by Crippen LogP contribution is -2.43. The lowest BCUT2D eigenvalue weighted by Gasteiger charge is -2.35. The minimum absolute atomic E-state index is 0.161. The van der Waals surface area contributed by atoms with Gasteiger partial charge in [0.15, 0.2) is 5.78 Å². The van der Waals surface area contributed by atoms with Crippen molar-refractivity contribution in [1.82, 2.24) is 0 Å². The van der Waals surface area contributed by atoms with Gasteiger partial charge >= 0.3 is 0 Å². The largest absolute Gasteiger partial charge is 0.299 e. The number of Topliss-reactive ketones (excluding diaryl/α,β-unsaturated/α-hetero) is 2. The van der Waals surface area contributed by atoms with Crippen LogP contribution >= 0.6 is 0 Å². The van der Waals surface area contributed by atoms with E-state index in [2.05, 4.69) is 0 Å². The summed E-state index contributed by atoms with van der Waals surface area (Å²) in [5.41, 5.74) is 0.985. The monoisotopic (exact) mass is 190 g/mol. The highest BCUT2D eigenvalue weighted by atomic mass is 16.2. The van der Waals surface area contributed by atoms with Gasteiger partial charge in [0.25, 0.3) is 0 Å². The Kier molecular flexibility index (Phi) is 1.41. The van der Waals surface area contributed by atoms with Crippen molar-refractivity contribution < 1.29 is 9.59 Å². The summed E-state index contributed by atoms with van der Waals surface area (Å²) in [5, 5.41) is 0. The third-order valence-electron chi connectivity index (χ3n) is 4.46. The lowest BCUT2D eigenvalue weighted by atomic mass is 9.65. The van der Waals surface area contributed by atoms with E-state index >= 15 is 0 Å².